The Kier molecular flexibility index (Phi) is 4.33. The molecule has 1 aliphatic rings. The lowest BCUT2D eigenvalue weighted by Gasteiger charge is -2.18. The number of ether oxygens (including phenoxy) is 1. The van der Waals surface area contributed by atoms with E-state index in [-0.39, 0.29) is 17.1 Å². The van der Waals surface area contributed by atoms with Gasteiger partial charge in [-0.2, -0.15) is 0 Å². The van der Waals surface area contributed by atoms with E-state index in [0.717, 1.165) is 0 Å². The third kappa shape index (κ3) is 2.89. The highest BCUT2D eigenvalue weighted by atomic mass is 32.2. The summed E-state index contributed by atoms with van der Waals surface area (Å²) in [6.07, 6.45) is 3.63. The van der Waals surface area contributed by atoms with Crippen LogP contribution in [-0.4, -0.2) is 18.3 Å². The average Bonchev–Trinajstić information content (AvgIpc) is 2.82. The maximum atomic E-state index is 11.7. The highest BCUT2D eigenvalue weighted by molar-refractivity contribution is 8.00. The SMILES string of the molecule is COC(=O)C(Sc1ccc2c(c1)CCC2)C(C)C. The molecule has 0 bridgehead atoms. The smallest absolute Gasteiger partial charge is 0.319 e. The van der Waals surface area contributed by atoms with Gasteiger partial charge in [-0.3, -0.25) is 4.79 Å². The lowest BCUT2D eigenvalue weighted by molar-refractivity contribution is -0.140. The molecule has 0 saturated carbocycles. The summed E-state index contributed by atoms with van der Waals surface area (Å²) >= 11 is 1.62. The summed E-state index contributed by atoms with van der Waals surface area (Å²) in [5.41, 5.74) is 2.92. The van der Waals surface area contributed by atoms with Crippen molar-refractivity contribution in [3.05, 3.63) is 29.3 Å². The molecule has 0 aromatic heterocycles. The number of rotatable bonds is 4. The second-order valence-corrected chi connectivity index (χ2v) is 6.30. The van der Waals surface area contributed by atoms with E-state index in [2.05, 4.69) is 32.0 Å². The number of methoxy groups -OCH3 is 1. The van der Waals surface area contributed by atoms with E-state index >= 15 is 0 Å². The van der Waals surface area contributed by atoms with Crippen molar-refractivity contribution in [3.63, 3.8) is 0 Å². The van der Waals surface area contributed by atoms with E-state index in [1.165, 1.54) is 42.4 Å². The van der Waals surface area contributed by atoms with Gasteiger partial charge in [-0.15, -0.1) is 11.8 Å². The molecule has 0 aliphatic heterocycles. The van der Waals surface area contributed by atoms with Gasteiger partial charge in [0.15, 0.2) is 0 Å². The van der Waals surface area contributed by atoms with Gasteiger partial charge < -0.3 is 4.74 Å². The average molecular weight is 264 g/mol. The predicted molar refractivity (Wildman–Crippen MR) is 75.0 cm³/mol. The molecule has 2 nitrogen and oxygen atoms in total. The molecule has 98 valence electrons. The van der Waals surface area contributed by atoms with Gasteiger partial charge in [0.1, 0.15) is 5.25 Å². The van der Waals surface area contributed by atoms with Gasteiger partial charge in [-0.25, -0.2) is 0 Å². The Bertz CT molecular complexity index is 440. The first kappa shape index (κ1) is 13.5. The van der Waals surface area contributed by atoms with Gasteiger partial charge in [0.25, 0.3) is 0 Å². The Hall–Kier alpha value is -0.960. The van der Waals surface area contributed by atoms with Gasteiger partial charge in [0.05, 0.1) is 7.11 Å². The molecule has 1 aliphatic carbocycles. The molecule has 2 rings (SSSR count). The van der Waals surface area contributed by atoms with Crippen LogP contribution in [0.2, 0.25) is 0 Å². The zero-order valence-electron chi connectivity index (χ0n) is 11.2. The third-order valence-corrected chi connectivity index (χ3v) is 4.89. The van der Waals surface area contributed by atoms with Crippen LogP contribution in [-0.2, 0) is 22.4 Å². The van der Waals surface area contributed by atoms with Crippen LogP contribution in [0.15, 0.2) is 23.1 Å². The number of esters is 1. The fourth-order valence-corrected chi connectivity index (χ4v) is 3.46. The van der Waals surface area contributed by atoms with E-state index in [9.17, 15) is 4.79 Å². The summed E-state index contributed by atoms with van der Waals surface area (Å²) in [6, 6.07) is 6.58. The Morgan fingerprint density at radius 3 is 2.67 bits per heavy atom. The number of benzene rings is 1. The maximum Gasteiger partial charge on any atom is 0.319 e. The number of carbonyl (C=O) groups excluding carboxylic acids is 1. The monoisotopic (exact) mass is 264 g/mol. The Labute approximate surface area is 113 Å². The molecule has 0 saturated heterocycles. The normalized spacial score (nSPS) is 15.6. The van der Waals surface area contributed by atoms with Gasteiger partial charge in [-0.05, 0) is 48.4 Å². The lowest BCUT2D eigenvalue weighted by atomic mass is 10.1. The fraction of sp³-hybridized carbons (Fsp3) is 0.533. The molecule has 0 amide bonds. The second-order valence-electron chi connectivity index (χ2n) is 5.09. The molecule has 1 atom stereocenters. The molecule has 0 heterocycles. The molecule has 0 N–H and O–H groups in total. The molecule has 0 radical (unpaired) electrons. The van der Waals surface area contributed by atoms with E-state index in [1.54, 1.807) is 11.8 Å². The molecule has 1 aromatic carbocycles. The van der Waals surface area contributed by atoms with E-state index in [0.29, 0.717) is 0 Å². The number of aryl methyl sites for hydroxylation is 2. The van der Waals surface area contributed by atoms with Crippen molar-refractivity contribution in [2.75, 3.05) is 7.11 Å². The number of hydrogen-bond acceptors (Lipinski definition) is 3. The Morgan fingerprint density at radius 2 is 2.00 bits per heavy atom. The fourth-order valence-electron chi connectivity index (χ4n) is 2.34. The number of hydrogen-bond donors (Lipinski definition) is 0. The van der Waals surface area contributed by atoms with Gasteiger partial charge in [-0.1, -0.05) is 19.9 Å². The zero-order valence-corrected chi connectivity index (χ0v) is 12.0. The van der Waals surface area contributed by atoms with Crippen LogP contribution in [0.5, 0.6) is 0 Å². The van der Waals surface area contributed by atoms with Crippen LogP contribution in [0, 0.1) is 5.92 Å². The van der Waals surface area contributed by atoms with Gasteiger partial charge in [0.2, 0.25) is 0 Å². The van der Waals surface area contributed by atoms with E-state index in [1.807, 2.05) is 0 Å². The largest absolute Gasteiger partial charge is 0.468 e. The quantitative estimate of drug-likeness (QED) is 0.615. The standard InChI is InChI=1S/C15H20O2S/c1-10(2)14(15(16)17-3)18-13-8-7-11-5-4-6-12(11)9-13/h7-10,14H,4-6H2,1-3H3. The molecule has 0 spiro atoms. The van der Waals surface area contributed by atoms with Crippen molar-refractivity contribution in [2.24, 2.45) is 5.92 Å². The minimum absolute atomic E-state index is 0.116. The van der Waals surface area contributed by atoms with Crippen LogP contribution in [0.3, 0.4) is 0 Å². The molecular formula is C15H20O2S. The summed E-state index contributed by atoms with van der Waals surface area (Å²) in [7, 11) is 1.46. The van der Waals surface area contributed by atoms with Crippen molar-refractivity contribution >= 4 is 17.7 Å². The molecule has 3 heteroatoms. The lowest BCUT2D eigenvalue weighted by Crippen LogP contribution is -2.24. The van der Waals surface area contributed by atoms with E-state index in [4.69, 9.17) is 4.74 Å². The maximum absolute atomic E-state index is 11.7. The van der Waals surface area contributed by atoms with Crippen molar-refractivity contribution in [1.82, 2.24) is 0 Å². The highest BCUT2D eigenvalue weighted by Gasteiger charge is 2.24. The summed E-state index contributed by atoms with van der Waals surface area (Å²) < 4.78 is 4.88. The van der Waals surface area contributed by atoms with Crippen LogP contribution in [0.4, 0.5) is 0 Å². The summed E-state index contributed by atoms with van der Waals surface area (Å²) in [5.74, 6) is 0.145. The van der Waals surface area contributed by atoms with E-state index < -0.39 is 0 Å². The Morgan fingerprint density at radius 1 is 1.28 bits per heavy atom. The summed E-state index contributed by atoms with van der Waals surface area (Å²) in [5, 5.41) is -0.116. The first-order chi connectivity index (χ1) is 8.61. The van der Waals surface area contributed by atoms with Gasteiger partial charge in [0, 0.05) is 4.90 Å². The minimum atomic E-state index is -0.129. The van der Waals surface area contributed by atoms with Crippen molar-refractivity contribution in [1.29, 1.82) is 0 Å². The van der Waals surface area contributed by atoms with Crippen LogP contribution in [0.25, 0.3) is 0 Å². The summed E-state index contributed by atoms with van der Waals surface area (Å²) in [6.45, 7) is 4.11. The number of thioether (sulfide) groups is 1. The number of carbonyl (C=O) groups is 1. The molecule has 1 aromatic rings. The van der Waals surface area contributed by atoms with Crippen LogP contribution in [0.1, 0.15) is 31.4 Å². The molecule has 1 unspecified atom stereocenters. The molecular weight excluding hydrogens is 244 g/mol. The second kappa shape index (κ2) is 5.79. The van der Waals surface area contributed by atoms with Crippen LogP contribution < -0.4 is 0 Å². The third-order valence-electron chi connectivity index (χ3n) is 3.37. The minimum Gasteiger partial charge on any atom is -0.468 e. The molecule has 0 fully saturated rings. The molecule has 18 heavy (non-hydrogen) atoms. The van der Waals surface area contributed by atoms with Crippen LogP contribution >= 0.6 is 11.8 Å². The van der Waals surface area contributed by atoms with Crippen molar-refractivity contribution < 1.29 is 9.53 Å². The first-order valence-electron chi connectivity index (χ1n) is 6.48. The van der Waals surface area contributed by atoms with Crippen molar-refractivity contribution in [2.45, 2.75) is 43.3 Å². The number of fused-ring (bicyclic) bond motifs is 1. The Balaban J connectivity index is 2.14. The van der Waals surface area contributed by atoms with Gasteiger partial charge >= 0.3 is 5.97 Å². The summed E-state index contributed by atoms with van der Waals surface area (Å²) in [4.78, 5) is 12.9. The highest BCUT2D eigenvalue weighted by Crippen LogP contribution is 2.32. The topological polar surface area (TPSA) is 26.3 Å². The predicted octanol–water partition coefficient (Wildman–Crippen LogP) is 3.47. The zero-order chi connectivity index (χ0) is 13.1. The first-order valence-corrected chi connectivity index (χ1v) is 7.36. The van der Waals surface area contributed by atoms with Crippen molar-refractivity contribution in [3.8, 4) is 0 Å².